The summed E-state index contributed by atoms with van der Waals surface area (Å²) in [5, 5.41) is 12.3. The highest BCUT2D eigenvalue weighted by Gasteiger charge is 2.19. The summed E-state index contributed by atoms with van der Waals surface area (Å²) >= 11 is 0. The molecule has 4 aromatic rings. The number of carbonyl (C=O) groups is 1. The molecule has 0 saturated carbocycles. The SMILES string of the molecule is CS(=O)(=O)Nc1ccc2c(C(=O)Nc3cccc(S(=O)(=O)c4cccc(C#N)c4)c3)c[nH]c2c1. The van der Waals surface area contributed by atoms with Crippen molar-refractivity contribution < 1.29 is 21.6 Å². The van der Waals surface area contributed by atoms with E-state index in [1.165, 1.54) is 54.7 Å². The van der Waals surface area contributed by atoms with E-state index in [9.17, 15) is 21.6 Å². The first-order valence-electron chi connectivity index (χ1n) is 9.82. The van der Waals surface area contributed by atoms with Crippen molar-refractivity contribution >= 4 is 48.0 Å². The number of sulfonamides is 1. The molecule has 0 unspecified atom stereocenters. The molecule has 3 N–H and O–H groups in total. The Bertz CT molecular complexity index is 1680. The molecule has 0 spiro atoms. The Morgan fingerprint density at radius 2 is 1.62 bits per heavy atom. The van der Waals surface area contributed by atoms with Gasteiger partial charge in [0.1, 0.15) is 0 Å². The van der Waals surface area contributed by atoms with Gasteiger partial charge in [-0.15, -0.1) is 0 Å². The number of sulfone groups is 1. The fraction of sp³-hybridized carbons (Fsp3) is 0.0435. The van der Waals surface area contributed by atoms with E-state index in [-0.39, 0.29) is 21.0 Å². The van der Waals surface area contributed by atoms with Crippen molar-refractivity contribution in [3.63, 3.8) is 0 Å². The van der Waals surface area contributed by atoms with E-state index in [2.05, 4.69) is 15.0 Å². The number of hydrogen-bond acceptors (Lipinski definition) is 6. The summed E-state index contributed by atoms with van der Waals surface area (Å²) in [4.78, 5) is 15.8. The van der Waals surface area contributed by atoms with Gasteiger partial charge in [-0.05, 0) is 54.6 Å². The van der Waals surface area contributed by atoms with Gasteiger partial charge in [0.05, 0.1) is 38.9 Å². The number of amides is 1. The number of benzene rings is 3. The van der Waals surface area contributed by atoms with Crippen LogP contribution in [0, 0.1) is 11.3 Å². The summed E-state index contributed by atoms with van der Waals surface area (Å²) in [6.45, 7) is 0. The molecular weight excluding hydrogens is 476 g/mol. The Hall–Kier alpha value is -4.14. The van der Waals surface area contributed by atoms with Crippen LogP contribution in [-0.4, -0.2) is 34.0 Å². The van der Waals surface area contributed by atoms with Gasteiger partial charge in [-0.1, -0.05) is 12.1 Å². The molecule has 0 atom stereocenters. The molecule has 0 bridgehead atoms. The van der Waals surface area contributed by atoms with Crippen LogP contribution >= 0.6 is 0 Å². The Kier molecular flexibility index (Phi) is 5.87. The van der Waals surface area contributed by atoms with Crippen LogP contribution < -0.4 is 10.0 Å². The smallest absolute Gasteiger partial charge is 0.257 e. The van der Waals surface area contributed by atoms with Crippen LogP contribution in [-0.2, 0) is 19.9 Å². The maximum absolute atomic E-state index is 13.0. The maximum atomic E-state index is 13.0. The average Bonchev–Trinajstić information content (AvgIpc) is 3.21. The minimum Gasteiger partial charge on any atom is -0.360 e. The zero-order valence-electron chi connectivity index (χ0n) is 17.7. The molecule has 11 heteroatoms. The van der Waals surface area contributed by atoms with Gasteiger partial charge in [-0.25, -0.2) is 16.8 Å². The fourth-order valence-corrected chi connectivity index (χ4v) is 5.31. The standard InChI is InChI=1S/C23H18N4O5S2/c1-33(29,30)27-17-8-9-20-21(14-25-22(20)12-17)23(28)26-16-5-3-7-19(11-16)34(31,32)18-6-2-4-15(10-18)13-24/h2-12,14,25,27H,1H3,(H,26,28). The van der Waals surface area contributed by atoms with E-state index in [0.29, 0.717) is 22.2 Å². The third-order valence-electron chi connectivity index (χ3n) is 4.91. The van der Waals surface area contributed by atoms with E-state index in [1.807, 2.05) is 6.07 Å². The molecule has 0 fully saturated rings. The third-order valence-corrected chi connectivity index (χ3v) is 7.26. The number of H-pyrrole nitrogens is 1. The van der Waals surface area contributed by atoms with Gasteiger partial charge in [0, 0.05) is 22.8 Å². The molecule has 0 aliphatic carbocycles. The van der Waals surface area contributed by atoms with E-state index in [0.717, 1.165) is 6.26 Å². The summed E-state index contributed by atoms with van der Waals surface area (Å²) < 4.78 is 51.2. The van der Waals surface area contributed by atoms with Gasteiger partial charge >= 0.3 is 0 Å². The Labute approximate surface area is 196 Å². The minimum atomic E-state index is -3.90. The Balaban J connectivity index is 1.60. The number of aromatic nitrogens is 1. The maximum Gasteiger partial charge on any atom is 0.257 e. The lowest BCUT2D eigenvalue weighted by molar-refractivity contribution is 0.102. The molecule has 0 radical (unpaired) electrons. The second-order valence-electron chi connectivity index (χ2n) is 7.46. The number of anilines is 2. The number of aromatic amines is 1. The first-order valence-corrected chi connectivity index (χ1v) is 13.2. The second-order valence-corrected chi connectivity index (χ2v) is 11.2. The highest BCUT2D eigenvalue weighted by Crippen LogP contribution is 2.26. The van der Waals surface area contributed by atoms with Crippen molar-refractivity contribution in [1.82, 2.24) is 4.98 Å². The van der Waals surface area contributed by atoms with Crippen LogP contribution in [0.4, 0.5) is 11.4 Å². The summed E-state index contributed by atoms with van der Waals surface area (Å²) in [6.07, 6.45) is 2.53. The summed E-state index contributed by atoms with van der Waals surface area (Å²) in [6, 6.07) is 18.1. The molecule has 1 aromatic heterocycles. The van der Waals surface area contributed by atoms with Crippen LogP contribution in [0.2, 0.25) is 0 Å². The van der Waals surface area contributed by atoms with Crippen LogP contribution in [0.15, 0.2) is 82.7 Å². The number of fused-ring (bicyclic) bond motifs is 1. The third kappa shape index (κ3) is 4.78. The van der Waals surface area contributed by atoms with Crippen LogP contribution in [0.5, 0.6) is 0 Å². The molecule has 1 amide bonds. The lowest BCUT2D eigenvalue weighted by Crippen LogP contribution is -2.12. The van der Waals surface area contributed by atoms with Crippen LogP contribution in [0.25, 0.3) is 10.9 Å². The van der Waals surface area contributed by atoms with Gasteiger partial charge < -0.3 is 10.3 Å². The molecular formula is C23H18N4O5S2. The van der Waals surface area contributed by atoms with Crippen molar-refractivity contribution in [1.29, 1.82) is 5.26 Å². The predicted octanol–water partition coefficient (Wildman–Crippen LogP) is 3.50. The first kappa shape index (κ1) is 23.0. The van der Waals surface area contributed by atoms with Crippen LogP contribution in [0.3, 0.4) is 0 Å². The van der Waals surface area contributed by atoms with E-state index >= 15 is 0 Å². The number of carbonyl (C=O) groups excluding carboxylic acids is 1. The highest BCUT2D eigenvalue weighted by atomic mass is 32.2. The Morgan fingerprint density at radius 3 is 2.32 bits per heavy atom. The molecule has 34 heavy (non-hydrogen) atoms. The molecule has 0 saturated heterocycles. The minimum absolute atomic E-state index is 0.0230. The molecule has 1 heterocycles. The quantitative estimate of drug-likeness (QED) is 0.373. The van der Waals surface area contributed by atoms with Gasteiger partial charge in [-0.3, -0.25) is 9.52 Å². The summed E-state index contributed by atoms with van der Waals surface area (Å²) in [7, 11) is -7.35. The molecule has 4 rings (SSSR count). The zero-order chi connectivity index (χ0) is 24.5. The van der Waals surface area contributed by atoms with E-state index in [1.54, 1.807) is 18.2 Å². The summed E-state index contributed by atoms with van der Waals surface area (Å²) in [5.41, 5.74) is 1.69. The van der Waals surface area contributed by atoms with Crippen LogP contribution in [0.1, 0.15) is 15.9 Å². The number of hydrogen-bond donors (Lipinski definition) is 3. The fourth-order valence-electron chi connectivity index (χ4n) is 3.40. The van der Waals surface area contributed by atoms with Crippen molar-refractivity contribution in [2.75, 3.05) is 16.3 Å². The second kappa shape index (κ2) is 8.66. The first-order chi connectivity index (χ1) is 16.1. The van der Waals surface area contributed by atoms with Crippen molar-refractivity contribution in [2.45, 2.75) is 9.79 Å². The molecule has 0 aliphatic rings. The number of nitrogens with one attached hydrogen (secondary N) is 3. The number of rotatable bonds is 6. The monoisotopic (exact) mass is 494 g/mol. The zero-order valence-corrected chi connectivity index (χ0v) is 19.4. The van der Waals surface area contributed by atoms with Crippen molar-refractivity contribution in [2.24, 2.45) is 0 Å². The van der Waals surface area contributed by atoms with Crippen molar-refractivity contribution in [3.8, 4) is 6.07 Å². The number of nitriles is 1. The molecule has 172 valence electrons. The molecule has 0 aliphatic heterocycles. The van der Waals surface area contributed by atoms with Gasteiger partial charge in [0.15, 0.2) is 0 Å². The number of nitrogens with zero attached hydrogens (tertiary/aromatic N) is 1. The molecule has 3 aromatic carbocycles. The van der Waals surface area contributed by atoms with E-state index in [4.69, 9.17) is 5.26 Å². The van der Waals surface area contributed by atoms with Crippen molar-refractivity contribution in [3.05, 3.63) is 84.1 Å². The van der Waals surface area contributed by atoms with Gasteiger partial charge in [0.2, 0.25) is 19.9 Å². The largest absolute Gasteiger partial charge is 0.360 e. The van der Waals surface area contributed by atoms with E-state index < -0.39 is 25.8 Å². The predicted molar refractivity (Wildman–Crippen MR) is 128 cm³/mol. The Morgan fingerprint density at radius 1 is 0.912 bits per heavy atom. The van der Waals surface area contributed by atoms with Gasteiger partial charge in [0.25, 0.3) is 5.91 Å². The highest BCUT2D eigenvalue weighted by molar-refractivity contribution is 7.92. The normalized spacial score (nSPS) is 11.6. The average molecular weight is 495 g/mol. The van der Waals surface area contributed by atoms with Gasteiger partial charge in [-0.2, -0.15) is 5.26 Å². The lowest BCUT2D eigenvalue weighted by atomic mass is 10.1. The topological polar surface area (TPSA) is 149 Å². The summed E-state index contributed by atoms with van der Waals surface area (Å²) in [5.74, 6) is -0.476. The lowest BCUT2D eigenvalue weighted by Gasteiger charge is -2.09. The molecule has 9 nitrogen and oxygen atoms in total.